The third kappa shape index (κ3) is 1.52. The summed E-state index contributed by atoms with van der Waals surface area (Å²) in [5.74, 6) is 2.03. The van der Waals surface area contributed by atoms with E-state index in [4.69, 9.17) is 0 Å². The van der Waals surface area contributed by atoms with Gasteiger partial charge in [-0.25, -0.2) is 0 Å². The molecule has 2 fully saturated rings. The summed E-state index contributed by atoms with van der Waals surface area (Å²) in [5, 5.41) is 3.62. The maximum atomic E-state index is 3.62. The second-order valence-electron chi connectivity index (χ2n) is 4.50. The Morgan fingerprint density at radius 3 is 2.42 bits per heavy atom. The van der Waals surface area contributed by atoms with Crippen LogP contribution >= 0.6 is 0 Å². The molecule has 1 heterocycles. The molecule has 2 unspecified atom stereocenters. The molecule has 1 saturated carbocycles. The lowest BCUT2D eigenvalue weighted by molar-refractivity contribution is 0.127. The zero-order valence-corrected chi connectivity index (χ0v) is 8.18. The second kappa shape index (κ2) is 3.78. The van der Waals surface area contributed by atoms with E-state index in [-0.39, 0.29) is 0 Å². The second-order valence-corrected chi connectivity index (χ2v) is 4.50. The summed E-state index contributed by atoms with van der Waals surface area (Å²) in [4.78, 5) is 0. The highest BCUT2D eigenvalue weighted by Crippen LogP contribution is 2.33. The third-order valence-electron chi connectivity index (χ3n) is 3.81. The van der Waals surface area contributed by atoms with E-state index in [1.54, 1.807) is 0 Å². The van der Waals surface area contributed by atoms with Crippen LogP contribution in [-0.4, -0.2) is 12.6 Å². The Morgan fingerprint density at radius 2 is 1.92 bits per heavy atom. The maximum absolute atomic E-state index is 3.62. The lowest BCUT2D eigenvalue weighted by atomic mass is 9.74. The van der Waals surface area contributed by atoms with Crippen LogP contribution in [0.4, 0.5) is 0 Å². The molecule has 2 aliphatic rings. The summed E-state index contributed by atoms with van der Waals surface area (Å²) in [6.07, 6.45) is 8.83. The van der Waals surface area contributed by atoms with Crippen molar-refractivity contribution in [2.45, 2.75) is 51.5 Å². The van der Waals surface area contributed by atoms with Gasteiger partial charge in [-0.3, -0.25) is 0 Å². The average Bonchev–Trinajstić information content (AvgIpc) is 2.05. The molecule has 1 aliphatic heterocycles. The third-order valence-corrected chi connectivity index (χ3v) is 3.81. The first-order valence-electron chi connectivity index (χ1n) is 5.65. The maximum Gasteiger partial charge on any atom is 0.0136 e. The van der Waals surface area contributed by atoms with Crippen LogP contribution in [0.25, 0.3) is 0 Å². The minimum Gasteiger partial charge on any atom is -0.313 e. The van der Waals surface area contributed by atoms with Crippen molar-refractivity contribution in [1.29, 1.82) is 0 Å². The van der Waals surface area contributed by atoms with E-state index in [0.29, 0.717) is 0 Å². The van der Waals surface area contributed by atoms with Crippen molar-refractivity contribution in [2.24, 2.45) is 11.8 Å². The molecular weight excluding hydrogens is 146 g/mol. The SMILES string of the molecule is CCC1CNC1C1CCCCC1. The van der Waals surface area contributed by atoms with Gasteiger partial charge in [-0.15, -0.1) is 0 Å². The molecule has 1 aliphatic carbocycles. The van der Waals surface area contributed by atoms with E-state index in [0.717, 1.165) is 17.9 Å². The summed E-state index contributed by atoms with van der Waals surface area (Å²) in [6, 6.07) is 0.898. The molecule has 0 aromatic heterocycles. The Balaban J connectivity index is 1.82. The molecule has 2 atom stereocenters. The van der Waals surface area contributed by atoms with Crippen LogP contribution < -0.4 is 5.32 Å². The fraction of sp³-hybridized carbons (Fsp3) is 1.00. The predicted octanol–water partition coefficient (Wildman–Crippen LogP) is 2.56. The van der Waals surface area contributed by atoms with E-state index in [9.17, 15) is 0 Å². The summed E-state index contributed by atoms with van der Waals surface area (Å²) < 4.78 is 0. The van der Waals surface area contributed by atoms with E-state index >= 15 is 0 Å². The molecule has 0 spiro atoms. The number of rotatable bonds is 2. The van der Waals surface area contributed by atoms with Crippen molar-refractivity contribution in [3.63, 3.8) is 0 Å². The molecule has 1 nitrogen and oxygen atoms in total. The lowest BCUT2D eigenvalue weighted by Gasteiger charge is -2.44. The Kier molecular flexibility index (Phi) is 2.69. The van der Waals surface area contributed by atoms with Gasteiger partial charge in [0, 0.05) is 6.04 Å². The van der Waals surface area contributed by atoms with Gasteiger partial charge in [0.25, 0.3) is 0 Å². The van der Waals surface area contributed by atoms with E-state index in [1.165, 1.54) is 45.1 Å². The predicted molar refractivity (Wildman–Crippen MR) is 52.1 cm³/mol. The normalized spacial score (nSPS) is 37.8. The molecule has 1 heteroatoms. The van der Waals surface area contributed by atoms with Crippen LogP contribution in [0.1, 0.15) is 45.4 Å². The van der Waals surface area contributed by atoms with Gasteiger partial charge in [-0.2, -0.15) is 0 Å². The van der Waals surface area contributed by atoms with Crippen LogP contribution in [0, 0.1) is 11.8 Å². The van der Waals surface area contributed by atoms with Crippen LogP contribution in [0.3, 0.4) is 0 Å². The minimum absolute atomic E-state index is 0.898. The largest absolute Gasteiger partial charge is 0.313 e. The van der Waals surface area contributed by atoms with Crippen molar-refractivity contribution < 1.29 is 0 Å². The molecule has 1 saturated heterocycles. The Hall–Kier alpha value is -0.0400. The molecule has 2 rings (SSSR count). The smallest absolute Gasteiger partial charge is 0.0136 e. The number of hydrogen-bond donors (Lipinski definition) is 1. The monoisotopic (exact) mass is 167 g/mol. The van der Waals surface area contributed by atoms with Gasteiger partial charge in [0.2, 0.25) is 0 Å². The zero-order chi connectivity index (χ0) is 8.39. The van der Waals surface area contributed by atoms with Crippen LogP contribution in [0.2, 0.25) is 0 Å². The van der Waals surface area contributed by atoms with Gasteiger partial charge < -0.3 is 5.32 Å². The summed E-state index contributed by atoms with van der Waals surface area (Å²) in [7, 11) is 0. The van der Waals surface area contributed by atoms with Crippen LogP contribution in [0.15, 0.2) is 0 Å². The van der Waals surface area contributed by atoms with Gasteiger partial charge in [0.15, 0.2) is 0 Å². The summed E-state index contributed by atoms with van der Waals surface area (Å²) >= 11 is 0. The lowest BCUT2D eigenvalue weighted by Crippen LogP contribution is -2.56. The van der Waals surface area contributed by atoms with Gasteiger partial charge in [0.1, 0.15) is 0 Å². The molecule has 1 N–H and O–H groups in total. The molecular formula is C11H21N. The van der Waals surface area contributed by atoms with Gasteiger partial charge in [-0.1, -0.05) is 32.6 Å². The molecule has 0 bridgehead atoms. The fourth-order valence-corrected chi connectivity index (χ4v) is 2.86. The Bertz CT molecular complexity index is 136. The van der Waals surface area contributed by atoms with Gasteiger partial charge in [0.05, 0.1) is 0 Å². The minimum atomic E-state index is 0.898. The van der Waals surface area contributed by atoms with Crippen molar-refractivity contribution in [1.82, 2.24) is 5.32 Å². The zero-order valence-electron chi connectivity index (χ0n) is 8.18. The van der Waals surface area contributed by atoms with Crippen LogP contribution in [0.5, 0.6) is 0 Å². The van der Waals surface area contributed by atoms with E-state index in [1.807, 2.05) is 0 Å². The molecule has 0 radical (unpaired) electrons. The summed E-state index contributed by atoms with van der Waals surface area (Å²) in [5.41, 5.74) is 0. The van der Waals surface area contributed by atoms with Crippen molar-refractivity contribution in [2.75, 3.05) is 6.54 Å². The quantitative estimate of drug-likeness (QED) is 0.666. The topological polar surface area (TPSA) is 12.0 Å². The highest BCUT2D eigenvalue weighted by Gasteiger charge is 2.35. The first kappa shape index (κ1) is 8.55. The Morgan fingerprint density at radius 1 is 1.17 bits per heavy atom. The number of nitrogens with one attached hydrogen (secondary N) is 1. The van der Waals surface area contributed by atoms with E-state index in [2.05, 4.69) is 12.2 Å². The summed E-state index contributed by atoms with van der Waals surface area (Å²) in [6.45, 7) is 3.62. The molecule has 12 heavy (non-hydrogen) atoms. The standard InChI is InChI=1S/C11H21N/c1-2-9-8-12-11(9)10-6-4-3-5-7-10/h9-12H,2-8H2,1H3. The van der Waals surface area contributed by atoms with Gasteiger partial charge >= 0.3 is 0 Å². The Labute approximate surface area is 75.9 Å². The van der Waals surface area contributed by atoms with Gasteiger partial charge in [-0.05, 0) is 31.2 Å². The fourth-order valence-electron chi connectivity index (χ4n) is 2.86. The van der Waals surface area contributed by atoms with Crippen molar-refractivity contribution in [3.8, 4) is 0 Å². The van der Waals surface area contributed by atoms with Crippen LogP contribution in [-0.2, 0) is 0 Å². The van der Waals surface area contributed by atoms with Crippen molar-refractivity contribution >= 4 is 0 Å². The number of hydrogen-bond acceptors (Lipinski definition) is 1. The first-order valence-corrected chi connectivity index (χ1v) is 5.65. The van der Waals surface area contributed by atoms with Crippen molar-refractivity contribution in [3.05, 3.63) is 0 Å². The highest BCUT2D eigenvalue weighted by atomic mass is 15.0. The first-order chi connectivity index (χ1) is 5.92. The molecule has 70 valence electrons. The molecule has 0 aromatic rings. The average molecular weight is 167 g/mol. The highest BCUT2D eigenvalue weighted by molar-refractivity contribution is 4.92. The molecule has 0 aromatic carbocycles. The van der Waals surface area contributed by atoms with E-state index < -0.39 is 0 Å². The molecule has 0 amide bonds.